The van der Waals surface area contributed by atoms with Gasteiger partial charge in [-0.15, -0.1) is 11.3 Å². The van der Waals surface area contributed by atoms with Crippen LogP contribution in [0.25, 0.3) is 0 Å². The van der Waals surface area contributed by atoms with Gasteiger partial charge >= 0.3 is 0 Å². The molecule has 1 aromatic heterocycles. The Morgan fingerprint density at radius 3 is 2.78 bits per heavy atom. The lowest BCUT2D eigenvalue weighted by Crippen LogP contribution is -2.40. The van der Waals surface area contributed by atoms with E-state index in [0.717, 1.165) is 38.9 Å². The number of fused-ring (bicyclic) bond motifs is 1. The molecular formula is C19H22N2OS. The number of amides is 1. The molecule has 0 unspecified atom stereocenters. The van der Waals surface area contributed by atoms with Crippen LogP contribution in [0.3, 0.4) is 0 Å². The molecule has 0 spiro atoms. The fourth-order valence-corrected chi connectivity index (χ4v) is 4.22. The lowest BCUT2D eigenvalue weighted by molar-refractivity contribution is -0.122. The first-order valence-electron chi connectivity index (χ1n) is 8.43. The average Bonchev–Trinajstić information content (AvgIpc) is 3.31. The van der Waals surface area contributed by atoms with Gasteiger partial charge < -0.3 is 5.32 Å². The van der Waals surface area contributed by atoms with E-state index in [1.54, 1.807) is 11.3 Å². The molecule has 2 aromatic rings. The molecule has 1 aliphatic carbocycles. The van der Waals surface area contributed by atoms with Gasteiger partial charge in [0.25, 0.3) is 0 Å². The summed E-state index contributed by atoms with van der Waals surface area (Å²) in [6.45, 7) is 2.74. The summed E-state index contributed by atoms with van der Waals surface area (Å²) in [5, 5.41) is 5.31. The Labute approximate surface area is 141 Å². The third-order valence-corrected chi connectivity index (χ3v) is 5.86. The van der Waals surface area contributed by atoms with Gasteiger partial charge in [0.15, 0.2) is 0 Å². The van der Waals surface area contributed by atoms with E-state index in [2.05, 4.69) is 52.0 Å². The first kappa shape index (κ1) is 14.9. The first-order valence-corrected chi connectivity index (χ1v) is 9.31. The summed E-state index contributed by atoms with van der Waals surface area (Å²) < 4.78 is 0. The highest BCUT2D eigenvalue weighted by Crippen LogP contribution is 2.31. The molecular weight excluding hydrogens is 304 g/mol. The largest absolute Gasteiger partial charge is 0.354 e. The predicted octanol–water partition coefficient (Wildman–Crippen LogP) is 3.37. The van der Waals surface area contributed by atoms with Crippen molar-refractivity contribution in [1.29, 1.82) is 0 Å². The van der Waals surface area contributed by atoms with Gasteiger partial charge in [-0.1, -0.05) is 30.3 Å². The molecule has 1 fully saturated rings. The van der Waals surface area contributed by atoms with Crippen molar-refractivity contribution in [2.75, 3.05) is 13.1 Å². The Hall–Kier alpha value is -1.65. The number of hydrogen-bond donors (Lipinski definition) is 1. The molecule has 3 nitrogen and oxygen atoms in total. The van der Waals surface area contributed by atoms with E-state index in [1.807, 2.05) is 0 Å². The highest BCUT2D eigenvalue weighted by Gasteiger charge is 2.31. The summed E-state index contributed by atoms with van der Waals surface area (Å²) >= 11 is 1.79. The highest BCUT2D eigenvalue weighted by molar-refractivity contribution is 7.10. The third kappa shape index (κ3) is 3.33. The van der Waals surface area contributed by atoms with Crippen LogP contribution >= 0.6 is 11.3 Å². The Kier molecular flexibility index (Phi) is 4.19. The normalized spacial score (nSPS) is 19.1. The standard InChI is InChI=1S/C19H22N2OS/c22-19(15-7-8-15)20-12-17(18-6-3-11-23-18)21-10-9-14-4-1-2-5-16(14)13-21/h1-6,11,15,17H,7-10,12-13H2,(H,20,22)/t17-/m0/s1. The van der Waals surface area contributed by atoms with Crippen molar-refractivity contribution < 1.29 is 4.79 Å². The molecule has 23 heavy (non-hydrogen) atoms. The van der Waals surface area contributed by atoms with Crippen LogP contribution in [0.1, 0.15) is 34.9 Å². The minimum atomic E-state index is 0.240. The summed E-state index contributed by atoms with van der Waals surface area (Å²) in [6.07, 6.45) is 3.22. The SMILES string of the molecule is O=C(NC[C@@H](c1cccs1)N1CCc2ccccc2C1)C1CC1. The van der Waals surface area contributed by atoms with Crippen LogP contribution in [0.4, 0.5) is 0 Å². The molecule has 1 amide bonds. The van der Waals surface area contributed by atoms with Gasteiger partial charge in [0.2, 0.25) is 5.91 Å². The monoisotopic (exact) mass is 326 g/mol. The van der Waals surface area contributed by atoms with Crippen molar-refractivity contribution in [2.24, 2.45) is 5.92 Å². The second kappa shape index (κ2) is 6.46. The molecule has 1 atom stereocenters. The Bertz CT molecular complexity index is 678. The van der Waals surface area contributed by atoms with Crippen molar-refractivity contribution in [1.82, 2.24) is 10.2 Å². The van der Waals surface area contributed by atoms with E-state index in [1.165, 1.54) is 16.0 Å². The van der Waals surface area contributed by atoms with Crippen molar-refractivity contribution in [3.63, 3.8) is 0 Å². The summed E-state index contributed by atoms with van der Waals surface area (Å²) in [5.41, 5.74) is 2.89. The molecule has 1 saturated carbocycles. The maximum Gasteiger partial charge on any atom is 0.223 e. The van der Waals surface area contributed by atoms with Crippen molar-refractivity contribution >= 4 is 17.2 Å². The molecule has 120 valence electrons. The van der Waals surface area contributed by atoms with Crippen LogP contribution < -0.4 is 5.32 Å². The molecule has 2 heterocycles. The fourth-order valence-electron chi connectivity index (χ4n) is 3.36. The van der Waals surface area contributed by atoms with Crippen LogP contribution in [0.2, 0.25) is 0 Å². The number of benzene rings is 1. The van der Waals surface area contributed by atoms with Crippen LogP contribution in [0.15, 0.2) is 41.8 Å². The lowest BCUT2D eigenvalue weighted by atomic mass is 9.98. The quantitative estimate of drug-likeness (QED) is 0.913. The molecule has 1 aromatic carbocycles. The maximum absolute atomic E-state index is 12.0. The van der Waals surface area contributed by atoms with Crippen molar-refractivity contribution in [3.8, 4) is 0 Å². The van der Waals surface area contributed by atoms with Gasteiger partial charge in [0, 0.05) is 30.4 Å². The predicted molar refractivity (Wildman–Crippen MR) is 93.3 cm³/mol. The van der Waals surface area contributed by atoms with Gasteiger partial charge in [-0.05, 0) is 41.8 Å². The number of carbonyl (C=O) groups excluding carboxylic acids is 1. The molecule has 1 aliphatic heterocycles. The average molecular weight is 326 g/mol. The second-order valence-corrected chi connectivity index (χ2v) is 7.52. The third-order valence-electron chi connectivity index (χ3n) is 4.89. The molecule has 0 bridgehead atoms. The number of nitrogens with zero attached hydrogens (tertiary/aromatic N) is 1. The number of hydrogen-bond acceptors (Lipinski definition) is 3. The number of nitrogens with one attached hydrogen (secondary N) is 1. The zero-order chi connectivity index (χ0) is 15.6. The zero-order valence-corrected chi connectivity index (χ0v) is 14.0. The number of carbonyl (C=O) groups is 1. The smallest absolute Gasteiger partial charge is 0.223 e. The molecule has 1 N–H and O–H groups in total. The topological polar surface area (TPSA) is 32.3 Å². The van der Waals surface area contributed by atoms with Crippen molar-refractivity contribution in [3.05, 3.63) is 57.8 Å². The van der Waals surface area contributed by atoms with Crippen LogP contribution in [0.5, 0.6) is 0 Å². The Balaban J connectivity index is 1.50. The first-order chi connectivity index (χ1) is 11.3. The van der Waals surface area contributed by atoms with E-state index >= 15 is 0 Å². The maximum atomic E-state index is 12.0. The van der Waals surface area contributed by atoms with Gasteiger partial charge in [-0.25, -0.2) is 0 Å². The summed E-state index contributed by atoms with van der Waals surface area (Å²) in [4.78, 5) is 15.9. The zero-order valence-electron chi connectivity index (χ0n) is 13.2. The van der Waals surface area contributed by atoms with Gasteiger partial charge in [0.1, 0.15) is 0 Å². The minimum absolute atomic E-state index is 0.240. The summed E-state index contributed by atoms with van der Waals surface area (Å²) in [7, 11) is 0. The minimum Gasteiger partial charge on any atom is -0.354 e. The van der Waals surface area contributed by atoms with E-state index in [0.29, 0.717) is 0 Å². The summed E-state index contributed by atoms with van der Waals surface area (Å²) in [6, 6.07) is 13.3. The molecule has 2 aliphatic rings. The molecule has 4 rings (SSSR count). The number of thiophene rings is 1. The Morgan fingerprint density at radius 1 is 1.22 bits per heavy atom. The van der Waals surface area contributed by atoms with Crippen molar-refractivity contribution in [2.45, 2.75) is 31.8 Å². The van der Waals surface area contributed by atoms with E-state index < -0.39 is 0 Å². The van der Waals surface area contributed by atoms with E-state index in [4.69, 9.17) is 0 Å². The fraction of sp³-hybridized carbons (Fsp3) is 0.421. The van der Waals surface area contributed by atoms with Gasteiger partial charge in [0.05, 0.1) is 6.04 Å². The summed E-state index contributed by atoms with van der Waals surface area (Å²) in [5.74, 6) is 0.519. The second-order valence-electron chi connectivity index (χ2n) is 6.54. The number of rotatable bonds is 5. The highest BCUT2D eigenvalue weighted by atomic mass is 32.1. The van der Waals surface area contributed by atoms with Gasteiger partial charge in [-0.3, -0.25) is 9.69 Å². The van der Waals surface area contributed by atoms with E-state index in [9.17, 15) is 4.79 Å². The van der Waals surface area contributed by atoms with Gasteiger partial charge in [-0.2, -0.15) is 0 Å². The molecule has 0 radical (unpaired) electrons. The molecule has 4 heteroatoms. The lowest BCUT2D eigenvalue weighted by Gasteiger charge is -2.35. The van der Waals surface area contributed by atoms with Crippen LogP contribution in [0, 0.1) is 5.92 Å². The molecule has 0 saturated heterocycles. The van der Waals surface area contributed by atoms with E-state index in [-0.39, 0.29) is 17.9 Å². The van der Waals surface area contributed by atoms with Crippen LogP contribution in [-0.2, 0) is 17.8 Å². The van der Waals surface area contributed by atoms with Crippen LogP contribution in [-0.4, -0.2) is 23.9 Å². The Morgan fingerprint density at radius 2 is 2.04 bits per heavy atom.